The molecule has 0 heterocycles. The Morgan fingerprint density at radius 2 is 2.18 bits per heavy atom. The van der Waals surface area contributed by atoms with E-state index in [9.17, 15) is 0 Å². The van der Waals surface area contributed by atoms with Crippen LogP contribution in [0, 0.1) is 29.1 Å². The Kier molecular flexibility index (Phi) is 2.93. The largest absolute Gasteiger partial charge is 0.198 e. The van der Waals surface area contributed by atoms with Crippen molar-refractivity contribution in [2.75, 3.05) is 0 Å². The van der Waals surface area contributed by atoms with E-state index in [1.807, 2.05) is 0 Å². The predicted molar refractivity (Wildman–Crippen MR) is 45.9 cm³/mol. The minimum Gasteiger partial charge on any atom is -0.198 e. The molecule has 0 radical (unpaired) electrons. The lowest BCUT2D eigenvalue weighted by molar-refractivity contribution is 0.380. The molecule has 0 aromatic rings. The van der Waals surface area contributed by atoms with Crippen LogP contribution in [0.3, 0.4) is 0 Å². The van der Waals surface area contributed by atoms with E-state index >= 15 is 0 Å². The van der Waals surface area contributed by atoms with Gasteiger partial charge in [-0.25, -0.2) is 0 Å². The highest BCUT2D eigenvalue weighted by atomic mass is 14.3. The molecule has 0 aliphatic heterocycles. The van der Waals surface area contributed by atoms with E-state index in [4.69, 9.17) is 5.26 Å². The first-order chi connectivity index (χ1) is 5.24. The molecule has 0 saturated heterocycles. The molecule has 0 aromatic heterocycles. The zero-order valence-corrected chi connectivity index (χ0v) is 7.51. The summed E-state index contributed by atoms with van der Waals surface area (Å²) in [6.07, 6.45) is 4.72. The fourth-order valence-electron chi connectivity index (χ4n) is 2.03. The maximum Gasteiger partial charge on any atom is 0.0624 e. The predicted octanol–water partition coefficient (Wildman–Crippen LogP) is 2.97. The standard InChI is InChI=1S/C10H17N/c1-8(2)10-4-3-9(7-10)5-6-11/h8-10H,3-5,7H2,1-2H3/t9-,10-/m1/s1. The molecule has 0 amide bonds. The van der Waals surface area contributed by atoms with E-state index in [0.717, 1.165) is 18.3 Å². The second-order valence-corrected chi connectivity index (χ2v) is 4.05. The second-order valence-electron chi connectivity index (χ2n) is 4.05. The lowest BCUT2D eigenvalue weighted by Gasteiger charge is -2.13. The van der Waals surface area contributed by atoms with Crippen molar-refractivity contribution >= 4 is 0 Å². The minimum absolute atomic E-state index is 0.715. The fourth-order valence-corrected chi connectivity index (χ4v) is 2.03. The summed E-state index contributed by atoms with van der Waals surface area (Å²) in [5.74, 6) is 2.43. The summed E-state index contributed by atoms with van der Waals surface area (Å²) in [7, 11) is 0. The lowest BCUT2D eigenvalue weighted by atomic mass is 9.93. The molecule has 2 atom stereocenters. The van der Waals surface area contributed by atoms with Crippen LogP contribution < -0.4 is 0 Å². The molecule has 0 spiro atoms. The maximum atomic E-state index is 8.50. The van der Waals surface area contributed by atoms with Crippen LogP contribution in [-0.2, 0) is 0 Å². The topological polar surface area (TPSA) is 23.8 Å². The number of hydrogen-bond acceptors (Lipinski definition) is 1. The van der Waals surface area contributed by atoms with Gasteiger partial charge in [-0.3, -0.25) is 0 Å². The number of hydrogen-bond donors (Lipinski definition) is 0. The van der Waals surface area contributed by atoms with Crippen molar-refractivity contribution in [3.8, 4) is 6.07 Å². The number of nitrogens with zero attached hydrogens (tertiary/aromatic N) is 1. The van der Waals surface area contributed by atoms with Crippen LogP contribution in [0.1, 0.15) is 39.5 Å². The van der Waals surface area contributed by atoms with Crippen LogP contribution in [0.15, 0.2) is 0 Å². The van der Waals surface area contributed by atoms with Gasteiger partial charge in [0, 0.05) is 6.42 Å². The summed E-state index contributed by atoms with van der Waals surface area (Å²) in [5.41, 5.74) is 0. The van der Waals surface area contributed by atoms with E-state index in [1.165, 1.54) is 19.3 Å². The van der Waals surface area contributed by atoms with E-state index in [1.54, 1.807) is 0 Å². The average molecular weight is 151 g/mol. The minimum atomic E-state index is 0.715. The highest BCUT2D eigenvalue weighted by Crippen LogP contribution is 2.36. The third kappa shape index (κ3) is 2.22. The van der Waals surface area contributed by atoms with Gasteiger partial charge in [0.15, 0.2) is 0 Å². The molecule has 0 N–H and O–H groups in total. The first-order valence-corrected chi connectivity index (χ1v) is 4.61. The average Bonchev–Trinajstić information content (AvgIpc) is 2.37. The van der Waals surface area contributed by atoms with Crippen molar-refractivity contribution in [1.82, 2.24) is 0 Å². The molecule has 0 aromatic carbocycles. The van der Waals surface area contributed by atoms with Gasteiger partial charge >= 0.3 is 0 Å². The highest BCUT2D eigenvalue weighted by Gasteiger charge is 2.26. The third-order valence-electron chi connectivity index (χ3n) is 2.90. The molecule has 0 unspecified atom stereocenters. The van der Waals surface area contributed by atoms with E-state index < -0.39 is 0 Å². The van der Waals surface area contributed by atoms with Crippen molar-refractivity contribution in [3.63, 3.8) is 0 Å². The zero-order chi connectivity index (χ0) is 8.27. The Morgan fingerprint density at radius 3 is 2.64 bits per heavy atom. The smallest absolute Gasteiger partial charge is 0.0624 e. The van der Waals surface area contributed by atoms with Crippen molar-refractivity contribution < 1.29 is 0 Å². The van der Waals surface area contributed by atoms with E-state index in [0.29, 0.717) is 5.92 Å². The third-order valence-corrected chi connectivity index (χ3v) is 2.90. The molecule has 62 valence electrons. The Labute approximate surface area is 69.4 Å². The van der Waals surface area contributed by atoms with Gasteiger partial charge in [-0.15, -0.1) is 0 Å². The molecule has 1 saturated carbocycles. The molecule has 1 aliphatic rings. The zero-order valence-electron chi connectivity index (χ0n) is 7.51. The number of nitriles is 1. The normalized spacial score (nSPS) is 30.7. The molecule has 1 nitrogen and oxygen atoms in total. The fraction of sp³-hybridized carbons (Fsp3) is 0.900. The van der Waals surface area contributed by atoms with Gasteiger partial charge in [-0.05, 0) is 37.0 Å². The summed E-state index contributed by atoms with van der Waals surface area (Å²) < 4.78 is 0. The van der Waals surface area contributed by atoms with Crippen LogP contribution in [0.5, 0.6) is 0 Å². The lowest BCUT2D eigenvalue weighted by Crippen LogP contribution is -2.03. The summed E-state index contributed by atoms with van der Waals surface area (Å²) in [4.78, 5) is 0. The van der Waals surface area contributed by atoms with Gasteiger partial charge in [0.2, 0.25) is 0 Å². The summed E-state index contributed by atoms with van der Waals surface area (Å²) in [6.45, 7) is 4.58. The van der Waals surface area contributed by atoms with Gasteiger partial charge in [0.1, 0.15) is 0 Å². The molecular formula is C10H17N. The molecule has 1 fully saturated rings. The molecule has 0 bridgehead atoms. The van der Waals surface area contributed by atoms with Gasteiger partial charge in [-0.2, -0.15) is 5.26 Å². The first-order valence-electron chi connectivity index (χ1n) is 4.61. The Balaban J connectivity index is 2.30. The van der Waals surface area contributed by atoms with E-state index in [2.05, 4.69) is 19.9 Å². The van der Waals surface area contributed by atoms with Gasteiger partial charge in [-0.1, -0.05) is 13.8 Å². The van der Waals surface area contributed by atoms with Gasteiger partial charge in [0.05, 0.1) is 6.07 Å². The number of rotatable bonds is 2. The molecule has 1 aliphatic carbocycles. The SMILES string of the molecule is CC(C)[C@@H]1CC[C@H](CC#N)C1. The van der Waals surface area contributed by atoms with Crippen molar-refractivity contribution in [2.24, 2.45) is 17.8 Å². The Hall–Kier alpha value is -0.510. The van der Waals surface area contributed by atoms with Crippen LogP contribution in [0.25, 0.3) is 0 Å². The molecular weight excluding hydrogens is 134 g/mol. The highest BCUT2D eigenvalue weighted by molar-refractivity contribution is 4.83. The van der Waals surface area contributed by atoms with Crippen molar-refractivity contribution in [2.45, 2.75) is 39.5 Å². The van der Waals surface area contributed by atoms with Crippen LogP contribution in [-0.4, -0.2) is 0 Å². The Morgan fingerprint density at radius 1 is 1.45 bits per heavy atom. The maximum absolute atomic E-state index is 8.50. The summed E-state index contributed by atoms with van der Waals surface area (Å²) >= 11 is 0. The van der Waals surface area contributed by atoms with Crippen molar-refractivity contribution in [3.05, 3.63) is 0 Å². The monoisotopic (exact) mass is 151 g/mol. The van der Waals surface area contributed by atoms with E-state index in [-0.39, 0.29) is 0 Å². The molecule has 1 rings (SSSR count). The van der Waals surface area contributed by atoms with Crippen molar-refractivity contribution in [1.29, 1.82) is 5.26 Å². The summed E-state index contributed by atoms with van der Waals surface area (Å²) in [5, 5.41) is 8.50. The quantitative estimate of drug-likeness (QED) is 0.595. The molecule has 1 heteroatoms. The van der Waals surface area contributed by atoms with Crippen LogP contribution >= 0.6 is 0 Å². The van der Waals surface area contributed by atoms with Gasteiger partial charge in [0.25, 0.3) is 0 Å². The first kappa shape index (κ1) is 8.59. The molecule has 11 heavy (non-hydrogen) atoms. The second kappa shape index (κ2) is 3.76. The van der Waals surface area contributed by atoms with Gasteiger partial charge < -0.3 is 0 Å². The van der Waals surface area contributed by atoms with Crippen LogP contribution in [0.4, 0.5) is 0 Å². The Bertz CT molecular complexity index is 155. The van der Waals surface area contributed by atoms with Crippen LogP contribution in [0.2, 0.25) is 0 Å². The summed E-state index contributed by atoms with van der Waals surface area (Å²) in [6, 6.07) is 2.27.